The molecule has 2 aliphatic heterocycles. The fourth-order valence-electron chi connectivity index (χ4n) is 10.1. The van der Waals surface area contributed by atoms with E-state index in [-0.39, 0.29) is 55.6 Å². The minimum Gasteiger partial charge on any atom is -0.492 e. The molecule has 3 aromatic rings. The van der Waals surface area contributed by atoms with Gasteiger partial charge in [-0.15, -0.1) is 5.10 Å². The average molecular weight is 856 g/mol. The minimum atomic E-state index is -1.14. The zero-order chi connectivity index (χ0) is 43.9. The van der Waals surface area contributed by atoms with Crippen LogP contribution in [0.15, 0.2) is 36.5 Å². The predicted octanol–water partition coefficient (Wildman–Crippen LogP) is 5.73. The van der Waals surface area contributed by atoms with Gasteiger partial charge in [-0.1, -0.05) is 34.1 Å². The number of Topliss-reactive ketones (excluding diaryl/α,β-unsaturated/α-hetero) is 1. The summed E-state index contributed by atoms with van der Waals surface area (Å²) in [6.07, 6.45) is 5.02. The van der Waals surface area contributed by atoms with Gasteiger partial charge in [0.25, 0.3) is 0 Å². The number of carbonyl (C=O) groups is 4. The molecule has 4 heterocycles. The van der Waals surface area contributed by atoms with Gasteiger partial charge in [0.2, 0.25) is 5.91 Å². The Morgan fingerprint density at radius 1 is 1.02 bits per heavy atom. The smallest absolute Gasteiger partial charge is 0.310 e. The molecule has 2 aromatic heterocycles. The largest absolute Gasteiger partial charge is 0.492 e. The number of aliphatic carboxylic acids is 1. The van der Waals surface area contributed by atoms with Crippen LogP contribution in [0.3, 0.4) is 0 Å². The normalized spacial score (nSPS) is 27.5. The molecule has 8 atom stereocenters. The number of piperazine rings is 1. The van der Waals surface area contributed by atoms with E-state index in [1.807, 2.05) is 78.1 Å². The Hall–Kier alpha value is -4.76. The van der Waals surface area contributed by atoms with Gasteiger partial charge in [0, 0.05) is 81.4 Å². The molecule has 15 nitrogen and oxygen atoms in total. The maximum absolute atomic E-state index is 14.9. The van der Waals surface area contributed by atoms with E-state index in [2.05, 4.69) is 15.5 Å². The van der Waals surface area contributed by atoms with Crippen molar-refractivity contribution in [1.29, 1.82) is 0 Å². The lowest BCUT2D eigenvalue weighted by molar-refractivity contribution is -0.157. The zero-order valence-electron chi connectivity index (χ0n) is 37.2. The van der Waals surface area contributed by atoms with Crippen molar-refractivity contribution in [3.8, 4) is 17.3 Å². The number of likely N-dealkylation sites (tertiary alicyclic amines) is 1. The number of carbonyl (C=O) groups excluding carboxylic acids is 3. The maximum atomic E-state index is 14.9. The molecule has 1 amide bonds. The average Bonchev–Trinajstić information content (AvgIpc) is 3.89. The topological polar surface area (TPSA) is 177 Å². The highest BCUT2D eigenvalue weighted by Crippen LogP contribution is 2.58. The number of esters is 1. The molecular formula is C47H65N7O8. The van der Waals surface area contributed by atoms with Crippen molar-refractivity contribution < 1.29 is 38.5 Å². The van der Waals surface area contributed by atoms with Gasteiger partial charge in [0.15, 0.2) is 11.6 Å². The van der Waals surface area contributed by atoms with Crippen LogP contribution < -0.4 is 20.1 Å². The third kappa shape index (κ3) is 9.73. The van der Waals surface area contributed by atoms with Crippen LogP contribution in [0.2, 0.25) is 0 Å². The standard InChI is InChI=1S/C47H65N7O8/c1-7-31-25-47(31,45(58)59)26-39(55)38-22-34(27-53(38)44(57)36(46(4,5)6)23-43(56)62-33-19-29-18-30(29)20-33)61-40-24-42(54-13-10-41(51-54)49-28(2)3)50-37-21-32(8-9-35(37)40)60-17-16-52-14-11-48-12-15-52/h8-10,13,21,24,28-31,33-34,36,38,48H,7,11-12,14-20,22-23,25-27H2,1-6H3,(H,49,51)(H,58,59)/t29-,30?,31+,33?,34?,36+,38-,47+/m0/s1. The first-order chi connectivity index (χ1) is 29.6. The van der Waals surface area contributed by atoms with Gasteiger partial charge in [-0.3, -0.25) is 24.1 Å². The SMILES string of the molecule is CC[C@@H]1C[C@]1(CC(=O)[C@@H]1CC(Oc2cc(-n3ccc(NC(C)C)n3)nc3cc(OCCN4CCNCC4)ccc23)CN1C(=O)[C@@H](CC(=O)OC1CC2C[C@H]2C1)C(C)(C)C)C(=O)O. The van der Waals surface area contributed by atoms with E-state index < -0.39 is 40.8 Å². The third-order valence-corrected chi connectivity index (χ3v) is 13.9. The number of fused-ring (bicyclic) bond motifs is 2. The number of benzene rings is 1. The molecule has 5 fully saturated rings. The van der Waals surface area contributed by atoms with Crippen LogP contribution in [-0.4, -0.2) is 123 Å². The predicted molar refractivity (Wildman–Crippen MR) is 233 cm³/mol. The van der Waals surface area contributed by atoms with E-state index in [0.717, 1.165) is 51.0 Å². The Morgan fingerprint density at radius 3 is 2.45 bits per heavy atom. The van der Waals surface area contributed by atoms with E-state index in [1.54, 1.807) is 9.58 Å². The highest BCUT2D eigenvalue weighted by molar-refractivity contribution is 5.95. The number of ketones is 1. The second-order valence-electron chi connectivity index (χ2n) is 19.9. The number of aromatic nitrogens is 3. The molecule has 3 aliphatic carbocycles. The highest BCUT2D eigenvalue weighted by atomic mass is 16.5. The summed E-state index contributed by atoms with van der Waals surface area (Å²) in [6.45, 7) is 17.1. The number of carboxylic acid groups (broad SMARTS) is 1. The number of nitrogens with one attached hydrogen (secondary N) is 2. The molecule has 15 heteroatoms. The van der Waals surface area contributed by atoms with E-state index in [0.29, 0.717) is 59.9 Å². The zero-order valence-corrected chi connectivity index (χ0v) is 37.2. The first-order valence-electron chi connectivity index (χ1n) is 22.9. The second kappa shape index (κ2) is 17.8. The van der Waals surface area contributed by atoms with Crippen LogP contribution in [0.1, 0.15) is 92.9 Å². The molecule has 0 bridgehead atoms. The Balaban J connectivity index is 1.07. The van der Waals surface area contributed by atoms with E-state index in [9.17, 15) is 24.3 Å². The number of amides is 1. The number of rotatable bonds is 18. The number of hydrogen-bond acceptors (Lipinski definition) is 12. The van der Waals surface area contributed by atoms with Crippen molar-refractivity contribution in [3.05, 3.63) is 36.5 Å². The third-order valence-electron chi connectivity index (χ3n) is 13.9. The molecule has 0 radical (unpaired) electrons. The molecule has 3 saturated carbocycles. The summed E-state index contributed by atoms with van der Waals surface area (Å²) in [4.78, 5) is 64.3. The monoisotopic (exact) mass is 855 g/mol. The summed E-state index contributed by atoms with van der Waals surface area (Å²) in [5.74, 6) is 0.775. The molecule has 336 valence electrons. The lowest BCUT2D eigenvalue weighted by Gasteiger charge is -2.35. The molecule has 1 aromatic carbocycles. The van der Waals surface area contributed by atoms with Gasteiger partial charge >= 0.3 is 11.9 Å². The van der Waals surface area contributed by atoms with Crippen molar-refractivity contribution in [1.82, 2.24) is 29.9 Å². The Bertz CT molecular complexity index is 2130. The molecule has 3 N–H and O–H groups in total. The van der Waals surface area contributed by atoms with Gasteiger partial charge in [0.05, 0.1) is 35.9 Å². The molecule has 2 saturated heterocycles. The highest BCUT2D eigenvalue weighted by Gasteiger charge is 2.61. The van der Waals surface area contributed by atoms with Crippen LogP contribution in [0, 0.1) is 34.5 Å². The van der Waals surface area contributed by atoms with Gasteiger partial charge in [-0.25, -0.2) is 9.67 Å². The van der Waals surface area contributed by atoms with E-state index >= 15 is 0 Å². The molecular weight excluding hydrogens is 791 g/mol. The summed E-state index contributed by atoms with van der Waals surface area (Å²) in [6, 6.07) is 8.65. The van der Waals surface area contributed by atoms with Gasteiger partial charge in [0.1, 0.15) is 36.1 Å². The number of pyridine rings is 1. The van der Waals surface area contributed by atoms with Crippen LogP contribution in [0.4, 0.5) is 5.82 Å². The van der Waals surface area contributed by atoms with Crippen molar-refractivity contribution >= 4 is 40.3 Å². The Labute approximate surface area is 364 Å². The summed E-state index contributed by atoms with van der Waals surface area (Å²) < 4.78 is 20.7. The van der Waals surface area contributed by atoms with E-state index in [4.69, 9.17) is 24.3 Å². The Morgan fingerprint density at radius 2 is 1.77 bits per heavy atom. The summed E-state index contributed by atoms with van der Waals surface area (Å²) in [7, 11) is 0. The van der Waals surface area contributed by atoms with Crippen molar-refractivity contribution in [2.24, 2.45) is 34.5 Å². The number of nitrogens with zero attached hydrogens (tertiary/aromatic N) is 5. The molecule has 5 aliphatic rings. The quantitative estimate of drug-likeness (QED) is 0.132. The first kappa shape index (κ1) is 43.9. The number of anilines is 1. The lowest BCUT2D eigenvalue weighted by atomic mass is 9.77. The molecule has 8 rings (SSSR count). The molecule has 62 heavy (non-hydrogen) atoms. The summed E-state index contributed by atoms with van der Waals surface area (Å²) in [5.41, 5.74) is -1.15. The van der Waals surface area contributed by atoms with Crippen LogP contribution in [-0.2, 0) is 23.9 Å². The van der Waals surface area contributed by atoms with Crippen molar-refractivity contribution in [2.45, 2.75) is 117 Å². The van der Waals surface area contributed by atoms with Crippen LogP contribution >= 0.6 is 0 Å². The second-order valence-corrected chi connectivity index (χ2v) is 19.9. The fraction of sp³-hybridized carbons (Fsp3) is 0.660. The van der Waals surface area contributed by atoms with Gasteiger partial charge in [-0.2, -0.15) is 0 Å². The van der Waals surface area contributed by atoms with Gasteiger partial charge in [-0.05, 0) is 74.8 Å². The number of ether oxygens (including phenoxy) is 3. The summed E-state index contributed by atoms with van der Waals surface area (Å²) in [5, 5.41) is 22.5. The van der Waals surface area contributed by atoms with Gasteiger partial charge < -0.3 is 34.9 Å². The Kier molecular flexibility index (Phi) is 12.6. The minimum absolute atomic E-state index is 0.0801. The van der Waals surface area contributed by atoms with E-state index in [1.165, 1.54) is 6.42 Å². The fourth-order valence-corrected chi connectivity index (χ4v) is 10.1. The molecule has 0 spiro atoms. The van der Waals surface area contributed by atoms with Crippen molar-refractivity contribution in [3.63, 3.8) is 0 Å². The maximum Gasteiger partial charge on any atom is 0.310 e. The van der Waals surface area contributed by atoms with Crippen LogP contribution in [0.5, 0.6) is 11.5 Å². The lowest BCUT2D eigenvalue weighted by Crippen LogP contribution is -2.48. The number of hydrogen-bond donors (Lipinski definition) is 3. The number of carboxylic acids is 1. The molecule has 3 unspecified atom stereocenters. The van der Waals surface area contributed by atoms with Crippen molar-refractivity contribution in [2.75, 3.05) is 51.2 Å². The summed E-state index contributed by atoms with van der Waals surface area (Å²) >= 11 is 0. The van der Waals surface area contributed by atoms with Crippen LogP contribution in [0.25, 0.3) is 16.7 Å². The first-order valence-corrected chi connectivity index (χ1v) is 22.9.